The summed E-state index contributed by atoms with van der Waals surface area (Å²) in [6, 6.07) is 7.43. The molecule has 0 aliphatic carbocycles. The normalized spacial score (nSPS) is 11.0. The minimum atomic E-state index is -0.361. The van der Waals surface area contributed by atoms with Gasteiger partial charge in [-0.3, -0.25) is 9.59 Å². The highest BCUT2D eigenvalue weighted by molar-refractivity contribution is 6.00. The molecule has 0 aliphatic rings. The van der Waals surface area contributed by atoms with Crippen LogP contribution in [0, 0.1) is 0 Å². The zero-order valence-electron chi connectivity index (χ0n) is 13.0. The van der Waals surface area contributed by atoms with Crippen molar-refractivity contribution in [3.8, 4) is 5.75 Å². The largest absolute Gasteiger partial charge is 0.497 e. The Balaban J connectivity index is 2.35. The molecule has 0 heterocycles. The Morgan fingerprint density at radius 2 is 1.82 bits per heavy atom. The summed E-state index contributed by atoms with van der Waals surface area (Å²) in [5.74, 6) is 0.239. The SMILES string of the molecule is COCC(=O)N/N=C(\C)CC(=O)NCc1ccc(OC)cc1. The zero-order valence-corrected chi connectivity index (χ0v) is 13.0. The average Bonchev–Trinajstić information content (AvgIpc) is 2.52. The lowest BCUT2D eigenvalue weighted by atomic mass is 10.2. The van der Waals surface area contributed by atoms with Gasteiger partial charge in [0.25, 0.3) is 5.91 Å². The van der Waals surface area contributed by atoms with Crippen molar-refractivity contribution in [3.05, 3.63) is 29.8 Å². The lowest BCUT2D eigenvalue weighted by Crippen LogP contribution is -2.27. The third-order valence-corrected chi connectivity index (χ3v) is 2.71. The van der Waals surface area contributed by atoms with E-state index in [0.29, 0.717) is 12.3 Å². The molecule has 0 aliphatic heterocycles. The highest BCUT2D eigenvalue weighted by Crippen LogP contribution is 2.10. The van der Waals surface area contributed by atoms with Crippen LogP contribution in [-0.4, -0.2) is 38.4 Å². The summed E-state index contributed by atoms with van der Waals surface area (Å²) in [5, 5.41) is 6.60. The maximum atomic E-state index is 11.8. The van der Waals surface area contributed by atoms with Crippen molar-refractivity contribution in [1.29, 1.82) is 0 Å². The molecule has 7 heteroatoms. The van der Waals surface area contributed by atoms with Gasteiger partial charge in [-0.25, -0.2) is 5.43 Å². The number of hydrogen-bond acceptors (Lipinski definition) is 5. The fraction of sp³-hybridized carbons (Fsp3) is 0.400. The number of hydrogen-bond donors (Lipinski definition) is 2. The van der Waals surface area contributed by atoms with E-state index in [9.17, 15) is 9.59 Å². The van der Waals surface area contributed by atoms with Gasteiger partial charge in [-0.05, 0) is 24.6 Å². The molecule has 1 aromatic rings. The van der Waals surface area contributed by atoms with Crippen molar-refractivity contribution in [1.82, 2.24) is 10.7 Å². The summed E-state index contributed by atoms with van der Waals surface area (Å²) in [7, 11) is 3.02. The fourth-order valence-electron chi connectivity index (χ4n) is 1.60. The first-order valence-corrected chi connectivity index (χ1v) is 6.75. The first-order chi connectivity index (χ1) is 10.5. The second-order valence-electron chi connectivity index (χ2n) is 4.62. The van der Waals surface area contributed by atoms with Crippen LogP contribution in [0.15, 0.2) is 29.4 Å². The number of carbonyl (C=O) groups is 2. The molecule has 0 saturated carbocycles. The highest BCUT2D eigenvalue weighted by Gasteiger charge is 2.05. The summed E-state index contributed by atoms with van der Waals surface area (Å²) < 4.78 is 9.72. The number of methoxy groups -OCH3 is 2. The van der Waals surface area contributed by atoms with Crippen LogP contribution < -0.4 is 15.5 Å². The molecule has 1 aromatic carbocycles. The van der Waals surface area contributed by atoms with E-state index < -0.39 is 0 Å². The van der Waals surface area contributed by atoms with Gasteiger partial charge in [-0.2, -0.15) is 5.10 Å². The third-order valence-electron chi connectivity index (χ3n) is 2.71. The molecule has 0 radical (unpaired) electrons. The molecule has 0 saturated heterocycles. The average molecular weight is 307 g/mol. The van der Waals surface area contributed by atoms with Gasteiger partial charge in [0, 0.05) is 19.4 Å². The molecule has 2 N–H and O–H groups in total. The van der Waals surface area contributed by atoms with Crippen LogP contribution in [0.2, 0.25) is 0 Å². The van der Waals surface area contributed by atoms with Crippen LogP contribution in [0.4, 0.5) is 0 Å². The Morgan fingerprint density at radius 3 is 2.41 bits per heavy atom. The lowest BCUT2D eigenvalue weighted by molar-refractivity contribution is -0.124. The monoisotopic (exact) mass is 307 g/mol. The van der Waals surface area contributed by atoms with Gasteiger partial charge in [0.15, 0.2) is 0 Å². The van der Waals surface area contributed by atoms with E-state index in [1.807, 2.05) is 24.3 Å². The molecular formula is C15H21N3O4. The first kappa shape index (κ1) is 17.6. The maximum Gasteiger partial charge on any atom is 0.266 e. The summed E-state index contributed by atoms with van der Waals surface area (Å²) in [4.78, 5) is 22.9. The van der Waals surface area contributed by atoms with E-state index in [4.69, 9.17) is 4.74 Å². The number of amides is 2. The quantitative estimate of drug-likeness (QED) is 0.550. The number of rotatable bonds is 8. The highest BCUT2D eigenvalue weighted by atomic mass is 16.5. The topological polar surface area (TPSA) is 89.0 Å². The predicted molar refractivity (Wildman–Crippen MR) is 82.6 cm³/mol. The van der Waals surface area contributed by atoms with Gasteiger partial charge in [-0.15, -0.1) is 0 Å². The summed E-state index contributed by atoms with van der Waals surface area (Å²) in [6.45, 7) is 2.02. The fourth-order valence-corrected chi connectivity index (χ4v) is 1.60. The molecule has 7 nitrogen and oxygen atoms in total. The molecule has 0 bridgehead atoms. The van der Waals surface area contributed by atoms with E-state index in [-0.39, 0.29) is 24.8 Å². The number of ether oxygens (including phenoxy) is 2. The van der Waals surface area contributed by atoms with Crippen LogP contribution in [-0.2, 0) is 20.9 Å². The summed E-state index contributed by atoms with van der Waals surface area (Å²) in [5.41, 5.74) is 3.79. The number of hydrazone groups is 1. The summed E-state index contributed by atoms with van der Waals surface area (Å²) in [6.07, 6.45) is 0.115. The molecule has 0 unspecified atom stereocenters. The molecule has 0 atom stereocenters. The van der Waals surface area contributed by atoms with Crippen molar-refractivity contribution in [3.63, 3.8) is 0 Å². The lowest BCUT2D eigenvalue weighted by Gasteiger charge is -2.06. The minimum Gasteiger partial charge on any atom is -0.497 e. The Kier molecular flexibility index (Phi) is 7.63. The van der Waals surface area contributed by atoms with E-state index >= 15 is 0 Å². The smallest absolute Gasteiger partial charge is 0.266 e. The van der Waals surface area contributed by atoms with Crippen molar-refractivity contribution in [2.45, 2.75) is 19.9 Å². The molecular weight excluding hydrogens is 286 g/mol. The van der Waals surface area contributed by atoms with Crippen molar-refractivity contribution >= 4 is 17.5 Å². The van der Waals surface area contributed by atoms with Crippen molar-refractivity contribution in [2.24, 2.45) is 5.10 Å². The zero-order chi connectivity index (χ0) is 16.4. The van der Waals surface area contributed by atoms with Gasteiger partial charge in [0.2, 0.25) is 5.91 Å². The molecule has 2 amide bonds. The van der Waals surface area contributed by atoms with Crippen molar-refractivity contribution in [2.75, 3.05) is 20.8 Å². The number of nitrogens with zero attached hydrogens (tertiary/aromatic N) is 1. The third kappa shape index (κ3) is 6.85. The molecule has 22 heavy (non-hydrogen) atoms. The van der Waals surface area contributed by atoms with E-state index in [2.05, 4.69) is 20.6 Å². The van der Waals surface area contributed by atoms with Gasteiger partial charge in [0.05, 0.1) is 13.5 Å². The Hall–Kier alpha value is -2.41. The van der Waals surface area contributed by atoms with Crippen LogP contribution in [0.5, 0.6) is 5.75 Å². The minimum absolute atomic E-state index is 0.0690. The molecule has 0 aromatic heterocycles. The van der Waals surface area contributed by atoms with Gasteiger partial charge in [0.1, 0.15) is 12.4 Å². The van der Waals surface area contributed by atoms with Gasteiger partial charge >= 0.3 is 0 Å². The second-order valence-corrected chi connectivity index (χ2v) is 4.62. The van der Waals surface area contributed by atoms with E-state index in [1.54, 1.807) is 14.0 Å². The molecule has 0 spiro atoms. The van der Waals surface area contributed by atoms with Gasteiger partial charge < -0.3 is 14.8 Å². The van der Waals surface area contributed by atoms with Crippen LogP contribution >= 0.6 is 0 Å². The molecule has 120 valence electrons. The predicted octanol–water partition coefficient (Wildman–Crippen LogP) is 0.840. The van der Waals surface area contributed by atoms with E-state index in [1.165, 1.54) is 7.11 Å². The Bertz CT molecular complexity index is 526. The van der Waals surface area contributed by atoms with Crippen LogP contribution in [0.3, 0.4) is 0 Å². The molecule has 0 fully saturated rings. The second kappa shape index (κ2) is 9.51. The Labute approximate surface area is 129 Å². The molecule has 1 rings (SSSR count). The number of benzene rings is 1. The Morgan fingerprint density at radius 1 is 1.14 bits per heavy atom. The van der Waals surface area contributed by atoms with Crippen molar-refractivity contribution < 1.29 is 19.1 Å². The maximum absolute atomic E-state index is 11.8. The van der Waals surface area contributed by atoms with Gasteiger partial charge in [-0.1, -0.05) is 12.1 Å². The first-order valence-electron chi connectivity index (χ1n) is 6.75. The number of carbonyl (C=O) groups excluding carboxylic acids is 2. The van der Waals surface area contributed by atoms with Crippen LogP contribution in [0.25, 0.3) is 0 Å². The van der Waals surface area contributed by atoms with Crippen LogP contribution in [0.1, 0.15) is 18.9 Å². The number of nitrogens with one attached hydrogen (secondary N) is 2. The van der Waals surface area contributed by atoms with E-state index in [0.717, 1.165) is 11.3 Å². The summed E-state index contributed by atoms with van der Waals surface area (Å²) >= 11 is 0. The standard InChI is InChI=1S/C15H21N3O4/c1-11(17-18-15(20)10-21-2)8-14(19)16-9-12-4-6-13(22-3)7-5-12/h4-7H,8-10H2,1-3H3,(H,16,19)(H,18,20)/b17-11+.